The van der Waals surface area contributed by atoms with Gasteiger partial charge in [0.15, 0.2) is 0 Å². The van der Waals surface area contributed by atoms with Crippen molar-refractivity contribution in [2.45, 2.75) is 90.8 Å². The molecule has 4 atom stereocenters. The zero-order chi connectivity index (χ0) is 28.5. The second-order valence-electron chi connectivity index (χ2n) is 12.7. The summed E-state index contributed by atoms with van der Waals surface area (Å²) in [5.74, 6) is -0.377. The zero-order valence-corrected chi connectivity index (χ0v) is 26.0. The topological polar surface area (TPSA) is 91.9 Å². The van der Waals surface area contributed by atoms with Crippen LogP contribution in [0.1, 0.15) is 84.0 Å². The molecule has 2 aliphatic rings. The van der Waals surface area contributed by atoms with Crippen LogP contribution >= 0.6 is 0 Å². The first-order valence-corrected chi connectivity index (χ1v) is 14.3. The van der Waals surface area contributed by atoms with E-state index in [9.17, 15) is 14.4 Å². The Bertz CT molecular complexity index is 1200. The van der Waals surface area contributed by atoms with Crippen molar-refractivity contribution in [1.29, 1.82) is 0 Å². The number of nitrogens with one attached hydrogen (secondary N) is 1. The third-order valence-electron chi connectivity index (χ3n) is 8.11. The molecule has 2 amide bonds. The quantitative estimate of drug-likeness (QED) is 0.334. The van der Waals surface area contributed by atoms with Gasteiger partial charge in [-0.1, -0.05) is 44.9 Å². The van der Waals surface area contributed by atoms with Crippen LogP contribution in [0.3, 0.4) is 0 Å². The van der Waals surface area contributed by atoms with E-state index in [1.165, 1.54) is 7.11 Å². The van der Waals surface area contributed by atoms with Gasteiger partial charge in [-0.15, -0.1) is 0 Å². The maximum Gasteiger partial charge on any atom is 0.410 e. The summed E-state index contributed by atoms with van der Waals surface area (Å²) in [4.78, 5) is 47.6. The van der Waals surface area contributed by atoms with Crippen LogP contribution in [0.15, 0.2) is 24.3 Å². The van der Waals surface area contributed by atoms with E-state index < -0.39 is 11.6 Å². The molecule has 0 saturated heterocycles. The smallest absolute Gasteiger partial charge is 0.410 e. The van der Waals surface area contributed by atoms with E-state index in [4.69, 9.17) is 9.47 Å². The number of carbonyl (C=O) groups is 3. The van der Waals surface area contributed by atoms with Crippen LogP contribution in [0.5, 0.6) is 0 Å². The van der Waals surface area contributed by atoms with E-state index in [2.05, 4.69) is 24.9 Å². The Hall–Kier alpha value is -2.51. The summed E-state index contributed by atoms with van der Waals surface area (Å²) in [6.07, 6.45) is 4.32. The van der Waals surface area contributed by atoms with Gasteiger partial charge in [-0.2, -0.15) is 0 Å². The minimum atomic E-state index is -0.691. The molecule has 1 aromatic heterocycles. The molecule has 2 aromatic rings. The SMILES string of the molecule is COC(=O)C1Cc2c([nH]c3ccccc23)C(CC(C)C)N1C(=O)C1CCCCC1CN(C)C(=O)OC(C)(C)C.[Fe]. The van der Waals surface area contributed by atoms with Crippen LogP contribution in [0, 0.1) is 17.8 Å². The Balaban J connectivity index is 0.00000441. The number of H-pyrrole nitrogens is 1. The number of aromatic amines is 1. The van der Waals surface area contributed by atoms with Crippen molar-refractivity contribution >= 4 is 28.9 Å². The number of hydrogen-bond acceptors (Lipinski definition) is 5. The third kappa shape index (κ3) is 6.85. The average molecular weight is 596 g/mol. The van der Waals surface area contributed by atoms with Gasteiger partial charge in [0.05, 0.1) is 13.2 Å². The number of nitrogens with zero attached hydrogens (tertiary/aromatic N) is 2. The molecule has 1 aromatic carbocycles. The molecule has 40 heavy (non-hydrogen) atoms. The Kier molecular flexibility index (Phi) is 10.4. The third-order valence-corrected chi connectivity index (χ3v) is 8.11. The fourth-order valence-electron chi connectivity index (χ4n) is 6.40. The molecule has 0 spiro atoms. The summed E-state index contributed by atoms with van der Waals surface area (Å²) in [6, 6.07) is 7.17. The number of esters is 1. The summed E-state index contributed by atoms with van der Waals surface area (Å²) >= 11 is 0. The monoisotopic (exact) mass is 595 g/mol. The average Bonchev–Trinajstić information content (AvgIpc) is 3.25. The molecule has 4 rings (SSSR count). The number of carbonyl (C=O) groups excluding carboxylic acids is 3. The molecule has 1 aliphatic carbocycles. The van der Waals surface area contributed by atoms with Crippen LogP contribution in [-0.4, -0.2) is 65.1 Å². The molecule has 8 nitrogen and oxygen atoms in total. The molecular formula is C31H45FeN3O5. The summed E-state index contributed by atoms with van der Waals surface area (Å²) in [7, 11) is 3.13. The summed E-state index contributed by atoms with van der Waals surface area (Å²) in [6.45, 7) is 10.3. The van der Waals surface area contributed by atoms with Crippen molar-refractivity contribution in [3.05, 3.63) is 35.5 Å². The molecule has 2 heterocycles. The van der Waals surface area contributed by atoms with Crippen molar-refractivity contribution < 1.29 is 40.9 Å². The number of hydrogen-bond donors (Lipinski definition) is 1. The molecule has 0 bridgehead atoms. The molecule has 1 fully saturated rings. The molecule has 1 saturated carbocycles. The van der Waals surface area contributed by atoms with Crippen LogP contribution in [-0.2, 0) is 42.6 Å². The van der Waals surface area contributed by atoms with Gasteiger partial charge in [-0.25, -0.2) is 9.59 Å². The molecule has 1 aliphatic heterocycles. The van der Waals surface area contributed by atoms with E-state index in [1.54, 1.807) is 11.9 Å². The number of fused-ring (bicyclic) bond motifs is 3. The van der Waals surface area contributed by atoms with Crippen molar-refractivity contribution in [3.8, 4) is 0 Å². The van der Waals surface area contributed by atoms with E-state index in [0.717, 1.165) is 54.3 Å². The molecule has 9 heteroatoms. The number of para-hydroxylation sites is 1. The molecule has 1 N–H and O–H groups in total. The van der Waals surface area contributed by atoms with Crippen LogP contribution in [0.2, 0.25) is 0 Å². The minimum Gasteiger partial charge on any atom is -0.467 e. The largest absolute Gasteiger partial charge is 0.467 e. The number of aromatic nitrogens is 1. The van der Waals surface area contributed by atoms with E-state index in [1.807, 2.05) is 43.9 Å². The maximum absolute atomic E-state index is 14.6. The molecular weight excluding hydrogens is 550 g/mol. The number of ether oxygens (including phenoxy) is 2. The summed E-state index contributed by atoms with van der Waals surface area (Å²) < 4.78 is 10.8. The number of benzene rings is 1. The fraction of sp³-hybridized carbons (Fsp3) is 0.645. The first-order chi connectivity index (χ1) is 18.4. The van der Waals surface area contributed by atoms with Crippen LogP contribution in [0.25, 0.3) is 10.9 Å². The molecule has 4 unspecified atom stereocenters. The predicted molar refractivity (Wildman–Crippen MR) is 151 cm³/mol. The van der Waals surface area contributed by atoms with Crippen LogP contribution < -0.4 is 0 Å². The van der Waals surface area contributed by atoms with Crippen molar-refractivity contribution in [2.24, 2.45) is 17.8 Å². The number of rotatable bonds is 6. The zero-order valence-electron chi connectivity index (χ0n) is 24.9. The maximum atomic E-state index is 14.6. The first kappa shape index (κ1) is 32.0. The van der Waals surface area contributed by atoms with Gasteiger partial charge in [-0.3, -0.25) is 4.79 Å². The normalized spacial score (nSPS) is 22.9. The Morgan fingerprint density at radius 2 is 1.80 bits per heavy atom. The summed E-state index contributed by atoms with van der Waals surface area (Å²) in [5, 5.41) is 1.09. The molecule has 222 valence electrons. The molecule has 0 radical (unpaired) electrons. The van der Waals surface area contributed by atoms with Crippen molar-refractivity contribution in [2.75, 3.05) is 20.7 Å². The van der Waals surface area contributed by atoms with Gasteiger partial charge in [0.25, 0.3) is 0 Å². The van der Waals surface area contributed by atoms with Gasteiger partial charge in [0, 0.05) is 59.6 Å². The number of amides is 2. The predicted octanol–water partition coefficient (Wildman–Crippen LogP) is 5.85. The van der Waals surface area contributed by atoms with Gasteiger partial charge < -0.3 is 24.3 Å². The fourth-order valence-corrected chi connectivity index (χ4v) is 6.40. The Morgan fingerprint density at radius 3 is 2.45 bits per heavy atom. The van der Waals surface area contributed by atoms with Crippen molar-refractivity contribution in [1.82, 2.24) is 14.8 Å². The minimum absolute atomic E-state index is 0. The van der Waals surface area contributed by atoms with Gasteiger partial charge in [0.2, 0.25) is 5.91 Å². The van der Waals surface area contributed by atoms with E-state index >= 15 is 0 Å². The number of methoxy groups -OCH3 is 1. The van der Waals surface area contributed by atoms with Crippen molar-refractivity contribution in [3.63, 3.8) is 0 Å². The van der Waals surface area contributed by atoms with E-state index in [0.29, 0.717) is 18.9 Å². The van der Waals surface area contributed by atoms with Gasteiger partial charge in [0.1, 0.15) is 11.6 Å². The summed E-state index contributed by atoms with van der Waals surface area (Å²) in [5.41, 5.74) is 2.55. The standard InChI is InChI=1S/C31H45N3O5.Fe/c1-19(2)16-25-27-23(22-14-10-11-15-24(22)32-27)17-26(29(36)38-7)34(25)28(35)21-13-9-8-12-20(21)18-33(6)30(37)39-31(3,4)5;/h10-11,14-15,19-21,25-26,32H,8-9,12-13,16-18H2,1-7H3;. The van der Waals surface area contributed by atoms with E-state index in [-0.39, 0.29) is 52.9 Å². The first-order valence-electron chi connectivity index (χ1n) is 14.3. The van der Waals surface area contributed by atoms with Crippen LogP contribution in [0.4, 0.5) is 4.79 Å². The Morgan fingerprint density at radius 1 is 1.12 bits per heavy atom. The Labute approximate surface area is 249 Å². The van der Waals surface area contributed by atoms with Gasteiger partial charge in [-0.05, 0) is 63.5 Å². The second kappa shape index (κ2) is 13.0. The second-order valence-corrected chi connectivity index (χ2v) is 12.7. The van der Waals surface area contributed by atoms with Gasteiger partial charge >= 0.3 is 12.1 Å².